The first-order chi connectivity index (χ1) is 23.3. The number of allylic oxidation sites excluding steroid dienone is 2. The maximum Gasteiger partial charge on any atom is 0.308 e. The lowest BCUT2D eigenvalue weighted by atomic mass is 9.93. The average molecular weight is 627 g/mol. The molecule has 0 amide bonds. The molecule has 2 heterocycles. The fraction of sp³-hybridized carbons (Fsp3) is 0.163. The van der Waals surface area contributed by atoms with Crippen LogP contribution in [0.2, 0.25) is 0 Å². The number of aliphatic imine (C=N–C) groups is 1. The molecule has 0 N–H and O–H groups in total. The number of nitrogens with zero attached hydrogens (tertiary/aromatic N) is 2. The number of hydrogen-bond acceptors (Lipinski definition) is 3. The number of rotatable bonds is 7. The van der Waals surface area contributed by atoms with Crippen molar-refractivity contribution in [3.8, 4) is 17.0 Å². The predicted octanol–water partition coefficient (Wildman–Crippen LogP) is 9.56. The van der Waals surface area contributed by atoms with Crippen LogP contribution in [0, 0.1) is 13.8 Å². The summed E-state index contributed by atoms with van der Waals surface area (Å²) in [6.45, 7) is 10.2. The molecule has 1 aliphatic rings. The Morgan fingerprint density at radius 1 is 0.771 bits per heavy atom. The summed E-state index contributed by atoms with van der Waals surface area (Å²) in [5, 5.41) is 4.98. The van der Waals surface area contributed by atoms with Crippen molar-refractivity contribution in [1.29, 1.82) is 0 Å². The summed E-state index contributed by atoms with van der Waals surface area (Å²) in [5.41, 5.74) is 13.7. The molecule has 0 atom stereocenters. The van der Waals surface area contributed by atoms with E-state index in [2.05, 4.69) is 125 Å². The van der Waals surface area contributed by atoms with Gasteiger partial charge in [0.05, 0.1) is 11.4 Å². The van der Waals surface area contributed by atoms with E-state index in [9.17, 15) is 4.79 Å². The van der Waals surface area contributed by atoms with Gasteiger partial charge in [-0.1, -0.05) is 98.8 Å². The zero-order valence-corrected chi connectivity index (χ0v) is 28.5. The van der Waals surface area contributed by atoms with Gasteiger partial charge >= 0.3 is 5.97 Å². The summed E-state index contributed by atoms with van der Waals surface area (Å²) < 4.78 is 7.76. The van der Waals surface area contributed by atoms with Crippen molar-refractivity contribution in [1.82, 2.24) is 4.48 Å². The molecule has 0 aliphatic carbocycles. The van der Waals surface area contributed by atoms with E-state index in [0.717, 1.165) is 46.6 Å². The second-order valence-electron chi connectivity index (χ2n) is 12.6. The van der Waals surface area contributed by atoms with Crippen LogP contribution in [0.1, 0.15) is 60.7 Å². The highest BCUT2D eigenvalue weighted by molar-refractivity contribution is 6.22. The van der Waals surface area contributed by atoms with Crippen LogP contribution < -0.4 is 4.74 Å². The Bertz CT molecular complexity index is 2330. The summed E-state index contributed by atoms with van der Waals surface area (Å²) >= 11 is 0. The van der Waals surface area contributed by atoms with Crippen LogP contribution in [0.4, 0.5) is 0 Å². The first-order valence-corrected chi connectivity index (χ1v) is 16.8. The topological polar surface area (TPSA) is 43.6 Å². The molecule has 0 saturated heterocycles. The van der Waals surface area contributed by atoms with Gasteiger partial charge in [-0.15, -0.1) is 0 Å². The molecule has 7 rings (SSSR count). The summed E-state index contributed by atoms with van der Waals surface area (Å²) in [7, 11) is 2.17. The van der Waals surface area contributed by atoms with Gasteiger partial charge in [-0.05, 0) is 100 Å². The molecule has 0 fully saturated rings. The fourth-order valence-corrected chi connectivity index (χ4v) is 7.35. The van der Waals surface area contributed by atoms with Gasteiger partial charge in [-0.2, -0.15) is 0 Å². The smallest absolute Gasteiger partial charge is 0.308 e. The standard InChI is InChI=1S/C43H39BN2O2/c1-6-29-24-37(45-42(29)35-18-10-16-31-14-8-12-26(3)39(31)35)41(33-20-22-34(23-21-33)48-28(5)47)38-25-30(7-2)43(46(38)44)36-19-11-17-32-15-9-13-27(4)40(32)36/h8-25H,6-7,44H2,1-5H3/b41-37-. The Kier molecular flexibility index (Phi) is 8.22. The second-order valence-corrected chi connectivity index (χ2v) is 12.6. The molecule has 5 aromatic carbocycles. The highest BCUT2D eigenvalue weighted by atomic mass is 16.5. The van der Waals surface area contributed by atoms with Gasteiger partial charge in [0.15, 0.2) is 0 Å². The number of fused-ring (bicyclic) bond motifs is 2. The lowest BCUT2D eigenvalue weighted by molar-refractivity contribution is -0.131. The Balaban J connectivity index is 1.51. The van der Waals surface area contributed by atoms with Crippen molar-refractivity contribution in [3.05, 3.63) is 154 Å². The van der Waals surface area contributed by atoms with Crippen molar-refractivity contribution >= 4 is 46.8 Å². The molecule has 236 valence electrons. The minimum absolute atomic E-state index is 0.336. The Hall–Kier alpha value is -5.42. The number of ether oxygens (including phenoxy) is 1. The molecule has 6 aromatic rings. The van der Waals surface area contributed by atoms with E-state index in [0.29, 0.717) is 5.75 Å². The van der Waals surface area contributed by atoms with Crippen LogP contribution >= 0.6 is 0 Å². The van der Waals surface area contributed by atoms with Crippen molar-refractivity contribution in [3.63, 3.8) is 0 Å². The largest absolute Gasteiger partial charge is 0.427 e. The molecule has 0 spiro atoms. The van der Waals surface area contributed by atoms with Crippen LogP contribution in [0.25, 0.3) is 38.4 Å². The van der Waals surface area contributed by atoms with Crippen LogP contribution in [0.5, 0.6) is 5.75 Å². The van der Waals surface area contributed by atoms with Crippen molar-refractivity contribution < 1.29 is 9.53 Å². The SMILES string of the molecule is Bn1c(/C(=C2/C=C(CC)C(c3cccc4cccc(C)c34)=N2)c2ccc(OC(C)=O)cc2)cc(CC)c1-c1cccc2cccc(C)c12. The lowest BCUT2D eigenvalue weighted by Gasteiger charge is -2.16. The number of carbonyl (C=O) groups excluding carboxylic acids is 1. The van der Waals surface area contributed by atoms with E-state index in [1.165, 1.54) is 62.0 Å². The minimum Gasteiger partial charge on any atom is -0.427 e. The van der Waals surface area contributed by atoms with Gasteiger partial charge in [0, 0.05) is 35.0 Å². The van der Waals surface area contributed by atoms with Crippen LogP contribution in [-0.4, -0.2) is 24.1 Å². The van der Waals surface area contributed by atoms with Crippen molar-refractivity contribution in [2.24, 2.45) is 4.99 Å². The normalized spacial score (nSPS) is 13.9. The molecule has 0 bridgehead atoms. The Labute approximate surface area is 283 Å². The van der Waals surface area contributed by atoms with Gasteiger partial charge in [0.25, 0.3) is 0 Å². The molecular formula is C43H39BN2O2. The van der Waals surface area contributed by atoms with E-state index in [-0.39, 0.29) is 5.97 Å². The first kappa shape index (κ1) is 31.2. The highest BCUT2D eigenvalue weighted by Gasteiger charge is 2.25. The molecular weight excluding hydrogens is 587 g/mol. The Morgan fingerprint density at radius 2 is 1.35 bits per heavy atom. The number of esters is 1. The van der Waals surface area contributed by atoms with E-state index >= 15 is 0 Å². The molecule has 48 heavy (non-hydrogen) atoms. The van der Waals surface area contributed by atoms with Crippen molar-refractivity contribution in [2.45, 2.75) is 47.5 Å². The summed E-state index contributed by atoms with van der Waals surface area (Å²) in [6, 6.07) is 36.3. The number of aryl methyl sites for hydroxylation is 3. The van der Waals surface area contributed by atoms with Crippen molar-refractivity contribution in [2.75, 3.05) is 0 Å². The summed E-state index contributed by atoms with van der Waals surface area (Å²) in [6.07, 6.45) is 4.01. The van der Waals surface area contributed by atoms with Gasteiger partial charge in [0.2, 0.25) is 7.98 Å². The van der Waals surface area contributed by atoms with E-state index in [1.807, 2.05) is 24.3 Å². The summed E-state index contributed by atoms with van der Waals surface area (Å²) in [4.78, 5) is 17.2. The first-order valence-electron chi connectivity index (χ1n) is 16.8. The predicted molar refractivity (Wildman–Crippen MR) is 203 cm³/mol. The molecule has 0 saturated carbocycles. The maximum atomic E-state index is 11.7. The number of hydrogen-bond donors (Lipinski definition) is 0. The van der Waals surface area contributed by atoms with E-state index in [1.54, 1.807) is 0 Å². The number of aromatic nitrogens is 1. The quantitative estimate of drug-likeness (QED) is 0.101. The molecule has 1 aromatic heterocycles. The molecule has 5 heteroatoms. The average Bonchev–Trinajstić information content (AvgIpc) is 3.66. The van der Waals surface area contributed by atoms with Gasteiger partial charge in [-0.25, -0.2) is 4.99 Å². The summed E-state index contributed by atoms with van der Waals surface area (Å²) in [5.74, 6) is 0.188. The molecule has 0 unspecified atom stereocenters. The fourth-order valence-electron chi connectivity index (χ4n) is 7.35. The van der Waals surface area contributed by atoms with E-state index < -0.39 is 0 Å². The van der Waals surface area contributed by atoms with Gasteiger partial charge in [0.1, 0.15) is 5.75 Å². The van der Waals surface area contributed by atoms with Gasteiger partial charge in [-0.3, -0.25) is 4.79 Å². The molecule has 4 nitrogen and oxygen atoms in total. The monoisotopic (exact) mass is 626 g/mol. The van der Waals surface area contributed by atoms with Crippen LogP contribution in [0.3, 0.4) is 0 Å². The van der Waals surface area contributed by atoms with Crippen LogP contribution in [0.15, 0.2) is 125 Å². The lowest BCUT2D eigenvalue weighted by Crippen LogP contribution is -2.05. The minimum atomic E-state index is -0.336. The number of benzene rings is 5. The molecule has 0 radical (unpaired) electrons. The van der Waals surface area contributed by atoms with Gasteiger partial charge < -0.3 is 9.21 Å². The zero-order valence-electron chi connectivity index (χ0n) is 28.5. The molecule has 1 aliphatic heterocycles. The number of carbonyl (C=O) groups is 1. The maximum absolute atomic E-state index is 11.7. The zero-order chi connectivity index (χ0) is 33.5. The van der Waals surface area contributed by atoms with E-state index in [4.69, 9.17) is 9.73 Å². The third-order valence-corrected chi connectivity index (χ3v) is 9.57. The third-order valence-electron chi connectivity index (χ3n) is 9.57. The third kappa shape index (κ3) is 5.39. The van der Waals surface area contributed by atoms with Crippen LogP contribution in [-0.2, 0) is 11.2 Å². The second kappa shape index (κ2) is 12.6. The highest BCUT2D eigenvalue weighted by Crippen LogP contribution is 2.41. The Morgan fingerprint density at radius 3 is 1.94 bits per heavy atom.